The van der Waals surface area contributed by atoms with Gasteiger partial charge in [-0.05, 0) is 61.4 Å². The molecule has 2 N–H and O–H groups in total. The van der Waals surface area contributed by atoms with E-state index in [9.17, 15) is 13.2 Å². The molecule has 3 aromatic carbocycles. The second-order valence-corrected chi connectivity index (χ2v) is 9.96. The van der Waals surface area contributed by atoms with E-state index in [1.807, 2.05) is 38.1 Å². The number of rotatable bonds is 8. The van der Waals surface area contributed by atoms with Crippen LogP contribution in [0.4, 0.5) is 11.4 Å². The number of carbonyl (C=O) groups is 1. The molecule has 33 heavy (non-hydrogen) atoms. The SMILES string of the molecule is Cc1ccc(C)c(COc2cc(NC(=O)c3ccc(C#N)cc3)ccc2NCS(C)(=O)=O)c1. The van der Waals surface area contributed by atoms with Crippen LogP contribution < -0.4 is 15.4 Å². The first-order chi connectivity index (χ1) is 15.6. The van der Waals surface area contributed by atoms with Gasteiger partial charge in [-0.3, -0.25) is 4.79 Å². The molecule has 0 fully saturated rings. The molecule has 0 aromatic heterocycles. The van der Waals surface area contributed by atoms with Gasteiger partial charge in [0.2, 0.25) is 0 Å². The van der Waals surface area contributed by atoms with Crippen molar-refractivity contribution in [2.45, 2.75) is 20.5 Å². The number of nitrogens with one attached hydrogen (secondary N) is 2. The minimum Gasteiger partial charge on any atom is -0.487 e. The molecular weight excluding hydrogens is 438 g/mol. The summed E-state index contributed by atoms with van der Waals surface area (Å²) in [4.78, 5) is 12.6. The Morgan fingerprint density at radius 2 is 1.76 bits per heavy atom. The fourth-order valence-electron chi connectivity index (χ4n) is 3.09. The van der Waals surface area contributed by atoms with Crippen molar-refractivity contribution < 1.29 is 17.9 Å². The van der Waals surface area contributed by atoms with Crippen molar-refractivity contribution in [2.75, 3.05) is 22.8 Å². The Bertz CT molecular complexity index is 1310. The summed E-state index contributed by atoms with van der Waals surface area (Å²) in [6.45, 7) is 4.28. The Hall–Kier alpha value is -3.83. The molecule has 7 nitrogen and oxygen atoms in total. The summed E-state index contributed by atoms with van der Waals surface area (Å²) < 4.78 is 29.3. The molecule has 8 heteroatoms. The van der Waals surface area contributed by atoms with Gasteiger partial charge in [-0.25, -0.2) is 8.42 Å². The predicted octanol–water partition coefficient (Wildman–Crippen LogP) is 4.42. The number of nitriles is 1. The molecule has 0 aliphatic carbocycles. The fourth-order valence-corrected chi connectivity index (χ4v) is 3.50. The van der Waals surface area contributed by atoms with E-state index in [1.165, 1.54) is 0 Å². The molecule has 0 heterocycles. The van der Waals surface area contributed by atoms with Crippen molar-refractivity contribution in [2.24, 2.45) is 0 Å². The lowest BCUT2D eigenvalue weighted by Crippen LogP contribution is -2.14. The average Bonchev–Trinajstić information content (AvgIpc) is 2.78. The minimum absolute atomic E-state index is 0.246. The molecule has 1 amide bonds. The number of hydrogen-bond donors (Lipinski definition) is 2. The van der Waals surface area contributed by atoms with E-state index in [2.05, 4.69) is 10.6 Å². The maximum atomic E-state index is 12.6. The van der Waals surface area contributed by atoms with Gasteiger partial charge >= 0.3 is 0 Å². The molecule has 0 unspecified atom stereocenters. The molecule has 0 aliphatic rings. The Balaban J connectivity index is 1.83. The summed E-state index contributed by atoms with van der Waals surface area (Å²) in [5, 5.41) is 14.6. The summed E-state index contributed by atoms with van der Waals surface area (Å²) in [6, 6.07) is 19.4. The van der Waals surface area contributed by atoms with E-state index < -0.39 is 9.84 Å². The van der Waals surface area contributed by atoms with Crippen LogP contribution in [0.3, 0.4) is 0 Å². The highest BCUT2D eigenvalue weighted by molar-refractivity contribution is 7.90. The molecule has 0 bridgehead atoms. The van der Waals surface area contributed by atoms with E-state index in [0.717, 1.165) is 22.9 Å². The quantitative estimate of drug-likeness (QED) is 0.512. The summed E-state index contributed by atoms with van der Waals surface area (Å²) in [7, 11) is -3.25. The number of ether oxygens (including phenoxy) is 1. The van der Waals surface area contributed by atoms with Gasteiger partial charge in [0, 0.05) is 23.6 Å². The zero-order chi connectivity index (χ0) is 24.0. The van der Waals surface area contributed by atoms with Crippen LogP contribution in [0.25, 0.3) is 0 Å². The second-order valence-electron chi connectivity index (χ2n) is 7.82. The number of anilines is 2. The first-order valence-corrected chi connectivity index (χ1v) is 12.3. The molecule has 0 saturated carbocycles. The molecule has 3 rings (SSSR count). The number of aryl methyl sites for hydroxylation is 2. The van der Waals surface area contributed by atoms with Crippen molar-refractivity contribution >= 4 is 27.1 Å². The van der Waals surface area contributed by atoms with E-state index in [4.69, 9.17) is 10.00 Å². The van der Waals surface area contributed by atoms with Crippen LogP contribution in [-0.4, -0.2) is 26.5 Å². The smallest absolute Gasteiger partial charge is 0.255 e. The van der Waals surface area contributed by atoms with Crippen molar-refractivity contribution in [1.82, 2.24) is 0 Å². The molecule has 0 atom stereocenters. The molecule has 0 aliphatic heterocycles. The van der Waals surface area contributed by atoms with E-state index in [0.29, 0.717) is 28.3 Å². The van der Waals surface area contributed by atoms with E-state index >= 15 is 0 Å². The summed E-state index contributed by atoms with van der Waals surface area (Å²) in [5.74, 6) is -0.168. The van der Waals surface area contributed by atoms with Gasteiger partial charge in [0.1, 0.15) is 18.2 Å². The Morgan fingerprint density at radius 1 is 1.03 bits per heavy atom. The van der Waals surface area contributed by atoms with Gasteiger partial charge in [0.05, 0.1) is 17.3 Å². The normalized spacial score (nSPS) is 10.8. The monoisotopic (exact) mass is 463 g/mol. The lowest BCUT2D eigenvalue weighted by atomic mass is 10.1. The van der Waals surface area contributed by atoms with Crippen molar-refractivity contribution in [3.8, 4) is 11.8 Å². The topological polar surface area (TPSA) is 108 Å². The standard InChI is InChI=1S/C25H25N3O4S/c1-17-4-5-18(2)21(12-17)15-32-24-13-22(10-11-23(24)27-16-33(3,30)31)28-25(29)20-8-6-19(14-26)7-9-20/h4-13,27H,15-16H2,1-3H3,(H,28,29). The lowest BCUT2D eigenvalue weighted by Gasteiger charge is -2.16. The van der Waals surface area contributed by atoms with Gasteiger partial charge in [-0.15, -0.1) is 0 Å². The number of carbonyl (C=O) groups excluding carboxylic acids is 1. The van der Waals surface area contributed by atoms with Crippen LogP contribution in [0, 0.1) is 25.2 Å². The Morgan fingerprint density at radius 3 is 2.42 bits per heavy atom. The molecule has 0 radical (unpaired) electrons. The first kappa shape index (κ1) is 23.8. The van der Waals surface area contributed by atoms with Gasteiger partial charge < -0.3 is 15.4 Å². The van der Waals surface area contributed by atoms with Gasteiger partial charge in [-0.1, -0.05) is 23.8 Å². The van der Waals surface area contributed by atoms with Gasteiger partial charge in [0.15, 0.2) is 9.84 Å². The molecule has 0 saturated heterocycles. The van der Waals surface area contributed by atoms with Crippen LogP contribution in [0.1, 0.15) is 32.6 Å². The largest absolute Gasteiger partial charge is 0.487 e. The maximum absolute atomic E-state index is 12.6. The Kier molecular flexibility index (Phi) is 7.36. The van der Waals surface area contributed by atoms with E-state index in [1.54, 1.807) is 42.5 Å². The molecule has 3 aromatic rings. The zero-order valence-corrected chi connectivity index (χ0v) is 19.5. The average molecular weight is 464 g/mol. The van der Waals surface area contributed by atoms with Crippen molar-refractivity contribution in [3.05, 3.63) is 88.5 Å². The third-order valence-electron chi connectivity index (χ3n) is 4.93. The Labute approximate surface area is 193 Å². The van der Waals surface area contributed by atoms with Gasteiger partial charge in [0.25, 0.3) is 5.91 Å². The highest BCUT2D eigenvalue weighted by Gasteiger charge is 2.12. The van der Waals surface area contributed by atoms with Gasteiger partial charge in [-0.2, -0.15) is 5.26 Å². The van der Waals surface area contributed by atoms with Crippen LogP contribution in [-0.2, 0) is 16.4 Å². The first-order valence-electron chi connectivity index (χ1n) is 10.2. The third kappa shape index (κ3) is 6.82. The van der Waals surface area contributed by atoms with Crippen LogP contribution >= 0.6 is 0 Å². The lowest BCUT2D eigenvalue weighted by molar-refractivity contribution is 0.102. The van der Waals surface area contributed by atoms with E-state index in [-0.39, 0.29) is 18.4 Å². The minimum atomic E-state index is -3.25. The highest BCUT2D eigenvalue weighted by Crippen LogP contribution is 2.30. The summed E-state index contributed by atoms with van der Waals surface area (Å²) in [5.41, 5.74) is 5.07. The highest BCUT2D eigenvalue weighted by atomic mass is 32.2. The maximum Gasteiger partial charge on any atom is 0.255 e. The molecule has 0 spiro atoms. The zero-order valence-electron chi connectivity index (χ0n) is 18.7. The second kappa shape index (κ2) is 10.2. The number of sulfone groups is 1. The van der Waals surface area contributed by atoms with Crippen LogP contribution in [0.15, 0.2) is 60.7 Å². The number of nitrogens with zero attached hydrogens (tertiary/aromatic N) is 1. The van der Waals surface area contributed by atoms with Crippen LogP contribution in [0.5, 0.6) is 5.75 Å². The predicted molar refractivity (Wildman–Crippen MR) is 129 cm³/mol. The van der Waals surface area contributed by atoms with Crippen molar-refractivity contribution in [1.29, 1.82) is 5.26 Å². The summed E-state index contributed by atoms with van der Waals surface area (Å²) in [6.07, 6.45) is 1.14. The molecular formula is C25H25N3O4S. The summed E-state index contributed by atoms with van der Waals surface area (Å²) >= 11 is 0. The number of benzene rings is 3. The van der Waals surface area contributed by atoms with Crippen molar-refractivity contribution in [3.63, 3.8) is 0 Å². The third-order valence-corrected chi connectivity index (χ3v) is 5.60. The number of hydrogen-bond acceptors (Lipinski definition) is 6. The van der Waals surface area contributed by atoms with Crippen LogP contribution in [0.2, 0.25) is 0 Å². The number of amides is 1. The molecule has 170 valence electrons. The fraction of sp³-hybridized carbons (Fsp3) is 0.200.